The first kappa shape index (κ1) is 20.4. The molecule has 5 nitrogen and oxygen atoms in total. The number of ether oxygens (including phenoxy) is 1. The fourth-order valence-electron chi connectivity index (χ4n) is 3.29. The number of hydrogen-bond acceptors (Lipinski definition) is 4. The standard InChI is InChI=1S/C23H20BrN3O2S/c1-14-4-5-15(2)27(14)18-10-6-17(7-11-18)22(28)26-23-25-20(21(24)30-23)16-8-12-19(29-3)13-9-16/h4-13H,1-3H3,(H,25,26,28). The molecule has 1 N–H and O–H groups in total. The fraction of sp³-hybridized carbons (Fsp3) is 0.130. The molecule has 0 radical (unpaired) electrons. The summed E-state index contributed by atoms with van der Waals surface area (Å²) in [4.78, 5) is 17.3. The smallest absolute Gasteiger partial charge is 0.257 e. The highest BCUT2D eigenvalue weighted by molar-refractivity contribution is 9.11. The Balaban J connectivity index is 1.51. The van der Waals surface area contributed by atoms with Crippen molar-refractivity contribution in [3.63, 3.8) is 0 Å². The monoisotopic (exact) mass is 481 g/mol. The van der Waals surface area contributed by atoms with Crippen LogP contribution in [0.2, 0.25) is 0 Å². The lowest BCUT2D eigenvalue weighted by atomic mass is 10.2. The Bertz CT molecular complexity index is 1170. The number of nitrogens with zero attached hydrogens (tertiary/aromatic N) is 2. The minimum Gasteiger partial charge on any atom is -0.497 e. The third-order valence-electron chi connectivity index (χ3n) is 4.83. The third-order valence-corrected chi connectivity index (χ3v) is 6.45. The van der Waals surface area contributed by atoms with Gasteiger partial charge in [0, 0.05) is 28.2 Å². The fourth-order valence-corrected chi connectivity index (χ4v) is 4.78. The molecule has 0 saturated carbocycles. The molecule has 0 bridgehead atoms. The van der Waals surface area contributed by atoms with Crippen molar-refractivity contribution < 1.29 is 9.53 Å². The van der Waals surface area contributed by atoms with E-state index in [4.69, 9.17) is 4.74 Å². The van der Waals surface area contributed by atoms with Crippen LogP contribution in [-0.4, -0.2) is 22.6 Å². The second kappa shape index (κ2) is 8.45. The summed E-state index contributed by atoms with van der Waals surface area (Å²) < 4.78 is 8.21. The highest BCUT2D eigenvalue weighted by Gasteiger charge is 2.15. The molecule has 0 saturated heterocycles. The molecule has 0 atom stereocenters. The van der Waals surface area contributed by atoms with Crippen molar-refractivity contribution in [2.45, 2.75) is 13.8 Å². The maximum Gasteiger partial charge on any atom is 0.257 e. The van der Waals surface area contributed by atoms with Gasteiger partial charge in [-0.15, -0.1) is 0 Å². The molecule has 0 aliphatic heterocycles. The Kier molecular flexibility index (Phi) is 5.74. The number of methoxy groups -OCH3 is 1. The number of carbonyl (C=O) groups is 1. The summed E-state index contributed by atoms with van der Waals surface area (Å²) in [6.45, 7) is 4.13. The zero-order chi connectivity index (χ0) is 21.3. The number of rotatable bonds is 5. The van der Waals surface area contributed by atoms with E-state index in [0.717, 1.165) is 37.9 Å². The molecule has 152 valence electrons. The highest BCUT2D eigenvalue weighted by atomic mass is 79.9. The summed E-state index contributed by atoms with van der Waals surface area (Å²) in [6.07, 6.45) is 0. The van der Waals surface area contributed by atoms with Gasteiger partial charge in [-0.1, -0.05) is 11.3 Å². The Morgan fingerprint density at radius 2 is 1.63 bits per heavy atom. The summed E-state index contributed by atoms with van der Waals surface area (Å²) in [5.41, 5.74) is 5.66. The van der Waals surface area contributed by atoms with Crippen LogP contribution in [0, 0.1) is 13.8 Å². The number of carbonyl (C=O) groups excluding carboxylic acids is 1. The molecule has 2 heterocycles. The number of hydrogen-bond donors (Lipinski definition) is 1. The van der Waals surface area contributed by atoms with Gasteiger partial charge in [0.05, 0.1) is 16.6 Å². The van der Waals surface area contributed by atoms with Gasteiger partial charge in [-0.2, -0.15) is 0 Å². The van der Waals surface area contributed by atoms with E-state index in [2.05, 4.69) is 56.8 Å². The van der Waals surface area contributed by atoms with Gasteiger partial charge in [-0.25, -0.2) is 4.98 Å². The maximum atomic E-state index is 12.7. The second-order valence-electron chi connectivity index (χ2n) is 6.82. The third kappa shape index (κ3) is 4.04. The molecule has 4 aromatic rings. The lowest BCUT2D eigenvalue weighted by molar-refractivity contribution is 0.102. The molecule has 4 rings (SSSR count). The van der Waals surface area contributed by atoms with Gasteiger partial charge in [0.25, 0.3) is 5.91 Å². The number of thiazole rings is 1. The highest BCUT2D eigenvalue weighted by Crippen LogP contribution is 2.36. The van der Waals surface area contributed by atoms with Crippen LogP contribution < -0.4 is 10.1 Å². The van der Waals surface area contributed by atoms with Crippen molar-refractivity contribution in [2.75, 3.05) is 12.4 Å². The van der Waals surface area contributed by atoms with E-state index in [1.165, 1.54) is 11.3 Å². The topological polar surface area (TPSA) is 56.1 Å². The summed E-state index contributed by atoms with van der Waals surface area (Å²) >= 11 is 4.94. The van der Waals surface area contributed by atoms with E-state index in [1.54, 1.807) is 7.11 Å². The van der Waals surface area contributed by atoms with Crippen molar-refractivity contribution in [1.82, 2.24) is 9.55 Å². The summed E-state index contributed by atoms with van der Waals surface area (Å²) in [5.74, 6) is 0.595. The van der Waals surface area contributed by atoms with E-state index < -0.39 is 0 Å². The molecule has 0 unspecified atom stereocenters. The summed E-state index contributed by atoms with van der Waals surface area (Å²) in [5, 5.41) is 3.44. The van der Waals surface area contributed by atoms with Gasteiger partial charge in [0.15, 0.2) is 5.13 Å². The van der Waals surface area contributed by atoms with E-state index in [1.807, 2.05) is 48.5 Å². The van der Waals surface area contributed by atoms with Gasteiger partial charge in [0.1, 0.15) is 5.75 Å². The van der Waals surface area contributed by atoms with Crippen molar-refractivity contribution >= 4 is 38.3 Å². The molecule has 0 aliphatic carbocycles. The van der Waals surface area contributed by atoms with Gasteiger partial charge in [-0.05, 0) is 90.4 Å². The molecular weight excluding hydrogens is 462 g/mol. The van der Waals surface area contributed by atoms with E-state index >= 15 is 0 Å². The quantitative estimate of drug-likeness (QED) is 0.366. The minimum absolute atomic E-state index is 0.190. The molecule has 0 spiro atoms. The van der Waals surface area contributed by atoms with E-state index in [0.29, 0.717) is 10.7 Å². The minimum atomic E-state index is -0.190. The largest absolute Gasteiger partial charge is 0.497 e. The van der Waals surface area contributed by atoms with Crippen LogP contribution in [0.4, 0.5) is 5.13 Å². The Morgan fingerprint density at radius 3 is 2.23 bits per heavy atom. The number of anilines is 1. The molecule has 7 heteroatoms. The number of aromatic nitrogens is 2. The zero-order valence-corrected chi connectivity index (χ0v) is 19.2. The predicted molar refractivity (Wildman–Crippen MR) is 125 cm³/mol. The lowest BCUT2D eigenvalue weighted by Gasteiger charge is -2.10. The van der Waals surface area contributed by atoms with Crippen LogP contribution in [0.15, 0.2) is 64.5 Å². The zero-order valence-electron chi connectivity index (χ0n) is 16.8. The first-order valence-electron chi connectivity index (χ1n) is 9.34. The lowest BCUT2D eigenvalue weighted by Crippen LogP contribution is -2.11. The Labute approximate surface area is 187 Å². The first-order valence-corrected chi connectivity index (χ1v) is 10.9. The van der Waals surface area contributed by atoms with Crippen LogP contribution >= 0.6 is 27.3 Å². The Morgan fingerprint density at radius 1 is 1.00 bits per heavy atom. The van der Waals surface area contributed by atoms with Gasteiger partial charge < -0.3 is 9.30 Å². The summed E-state index contributed by atoms with van der Waals surface area (Å²) in [6, 6.07) is 19.4. The average molecular weight is 482 g/mol. The number of aryl methyl sites for hydroxylation is 2. The van der Waals surface area contributed by atoms with E-state index in [9.17, 15) is 4.79 Å². The number of halogens is 1. The van der Waals surface area contributed by atoms with Crippen LogP contribution in [0.3, 0.4) is 0 Å². The van der Waals surface area contributed by atoms with Crippen molar-refractivity contribution in [3.05, 3.63) is 81.4 Å². The van der Waals surface area contributed by atoms with Crippen molar-refractivity contribution in [2.24, 2.45) is 0 Å². The maximum absolute atomic E-state index is 12.7. The van der Waals surface area contributed by atoms with Crippen LogP contribution in [0.1, 0.15) is 21.7 Å². The van der Waals surface area contributed by atoms with E-state index in [-0.39, 0.29) is 5.91 Å². The average Bonchev–Trinajstić information content (AvgIpc) is 3.29. The normalized spacial score (nSPS) is 10.8. The molecule has 0 aliphatic rings. The molecule has 2 aromatic heterocycles. The molecule has 30 heavy (non-hydrogen) atoms. The van der Waals surface area contributed by atoms with Crippen molar-refractivity contribution in [1.29, 1.82) is 0 Å². The molecule has 1 amide bonds. The predicted octanol–water partition coefficient (Wildman–Crippen LogP) is 6.24. The summed E-state index contributed by atoms with van der Waals surface area (Å²) in [7, 11) is 1.63. The van der Waals surface area contributed by atoms with Crippen molar-refractivity contribution in [3.8, 4) is 22.7 Å². The number of benzene rings is 2. The molecule has 0 fully saturated rings. The van der Waals surface area contributed by atoms with Crippen LogP contribution in [0.25, 0.3) is 16.9 Å². The Hall–Kier alpha value is -2.90. The second-order valence-corrected chi connectivity index (χ2v) is 9.14. The van der Waals surface area contributed by atoms with Crippen LogP contribution in [0.5, 0.6) is 5.75 Å². The SMILES string of the molecule is COc1ccc(-c2nc(NC(=O)c3ccc(-n4c(C)ccc4C)cc3)sc2Br)cc1. The van der Waals surface area contributed by atoms with Gasteiger partial charge in [0.2, 0.25) is 0 Å². The molecule has 2 aromatic carbocycles. The van der Waals surface area contributed by atoms with Gasteiger partial charge >= 0.3 is 0 Å². The molecular formula is C23H20BrN3O2S. The number of amides is 1. The van der Waals surface area contributed by atoms with Crippen LogP contribution in [-0.2, 0) is 0 Å². The first-order chi connectivity index (χ1) is 14.5. The van der Waals surface area contributed by atoms with Gasteiger partial charge in [-0.3, -0.25) is 10.1 Å². The number of nitrogens with one attached hydrogen (secondary N) is 1.